The average Bonchev–Trinajstić information content (AvgIpc) is 2.22. The van der Waals surface area contributed by atoms with Crippen molar-refractivity contribution < 1.29 is 4.79 Å². The average molecular weight is 285 g/mol. The summed E-state index contributed by atoms with van der Waals surface area (Å²) in [7, 11) is 1.92. The first-order valence-electron chi connectivity index (χ1n) is 5.28. The number of rotatable bonds is 5. The minimum Gasteiger partial charge on any atom is -0.368 e. The van der Waals surface area contributed by atoms with Gasteiger partial charge >= 0.3 is 0 Å². The van der Waals surface area contributed by atoms with Gasteiger partial charge in [-0.15, -0.1) is 0 Å². The molecular formula is C12H17BrN2O. The lowest BCUT2D eigenvalue weighted by molar-refractivity contribution is -0.123. The molecule has 2 N–H and O–H groups in total. The number of hydrogen-bond donors (Lipinski definition) is 1. The van der Waals surface area contributed by atoms with Crippen molar-refractivity contribution in [2.45, 2.75) is 25.9 Å². The highest BCUT2D eigenvalue weighted by atomic mass is 79.9. The second kappa shape index (κ2) is 6.01. The molecule has 0 spiro atoms. The molecule has 0 saturated heterocycles. The van der Waals surface area contributed by atoms with Crippen LogP contribution in [0.15, 0.2) is 28.7 Å². The van der Waals surface area contributed by atoms with Gasteiger partial charge in [-0.1, -0.05) is 35.0 Å². The van der Waals surface area contributed by atoms with Gasteiger partial charge in [0.2, 0.25) is 5.91 Å². The van der Waals surface area contributed by atoms with Gasteiger partial charge in [0.25, 0.3) is 0 Å². The maximum absolute atomic E-state index is 11.2. The Bertz CT molecular complexity index is 351. The third kappa shape index (κ3) is 3.61. The molecule has 0 aliphatic carbocycles. The van der Waals surface area contributed by atoms with E-state index in [2.05, 4.69) is 15.9 Å². The van der Waals surface area contributed by atoms with E-state index in [0.717, 1.165) is 17.4 Å². The van der Waals surface area contributed by atoms with Crippen LogP contribution in [0.3, 0.4) is 0 Å². The van der Waals surface area contributed by atoms with Crippen LogP contribution < -0.4 is 5.73 Å². The van der Waals surface area contributed by atoms with E-state index in [9.17, 15) is 4.79 Å². The predicted octanol–water partition coefficient (Wildman–Crippen LogP) is 2.14. The highest BCUT2D eigenvalue weighted by molar-refractivity contribution is 9.10. The number of carbonyl (C=O) groups is 1. The first-order valence-corrected chi connectivity index (χ1v) is 6.08. The smallest absolute Gasteiger partial charge is 0.234 e. The van der Waals surface area contributed by atoms with Gasteiger partial charge in [0.05, 0.1) is 6.04 Å². The van der Waals surface area contributed by atoms with Gasteiger partial charge in [-0.25, -0.2) is 0 Å². The number of hydrogen-bond acceptors (Lipinski definition) is 2. The van der Waals surface area contributed by atoms with Gasteiger partial charge < -0.3 is 5.73 Å². The molecule has 0 aliphatic heterocycles. The molecule has 0 aliphatic rings. The van der Waals surface area contributed by atoms with E-state index in [1.54, 1.807) is 0 Å². The summed E-state index contributed by atoms with van der Waals surface area (Å²) in [5.74, 6) is -0.262. The fourth-order valence-electron chi connectivity index (χ4n) is 1.72. The van der Waals surface area contributed by atoms with Gasteiger partial charge in [-0.05, 0) is 31.2 Å². The van der Waals surface area contributed by atoms with E-state index in [4.69, 9.17) is 5.73 Å². The quantitative estimate of drug-likeness (QED) is 0.901. The second-order valence-electron chi connectivity index (χ2n) is 3.87. The number of primary amides is 1. The van der Waals surface area contributed by atoms with Crippen LogP contribution in [-0.2, 0) is 11.3 Å². The van der Waals surface area contributed by atoms with Crippen molar-refractivity contribution in [3.63, 3.8) is 0 Å². The summed E-state index contributed by atoms with van der Waals surface area (Å²) >= 11 is 3.39. The van der Waals surface area contributed by atoms with E-state index in [1.807, 2.05) is 43.1 Å². The molecule has 88 valence electrons. The number of carbonyl (C=O) groups excluding carboxylic acids is 1. The van der Waals surface area contributed by atoms with Gasteiger partial charge in [0.15, 0.2) is 0 Å². The maximum atomic E-state index is 11.2. The Morgan fingerprint density at radius 3 is 2.44 bits per heavy atom. The predicted molar refractivity (Wildman–Crippen MR) is 68.9 cm³/mol. The lowest BCUT2D eigenvalue weighted by atomic mass is 10.1. The van der Waals surface area contributed by atoms with Crippen LogP contribution >= 0.6 is 15.9 Å². The molecule has 0 heterocycles. The van der Waals surface area contributed by atoms with Crippen molar-refractivity contribution in [1.29, 1.82) is 0 Å². The highest BCUT2D eigenvalue weighted by Crippen LogP contribution is 2.13. The van der Waals surface area contributed by atoms with Crippen LogP contribution in [0.1, 0.15) is 18.9 Å². The third-order valence-electron chi connectivity index (χ3n) is 2.59. The molecule has 0 fully saturated rings. The van der Waals surface area contributed by atoms with E-state index < -0.39 is 0 Å². The van der Waals surface area contributed by atoms with Crippen molar-refractivity contribution >= 4 is 21.8 Å². The Morgan fingerprint density at radius 2 is 2.00 bits per heavy atom. The van der Waals surface area contributed by atoms with E-state index in [1.165, 1.54) is 5.56 Å². The standard InChI is InChI=1S/C12H17BrN2O/c1-3-11(12(14)16)15(2)8-9-4-6-10(13)7-5-9/h4-7,11H,3,8H2,1-2H3,(H2,14,16). The molecule has 0 aromatic heterocycles. The highest BCUT2D eigenvalue weighted by Gasteiger charge is 2.18. The Kier molecular flexibility index (Phi) is 4.96. The fraction of sp³-hybridized carbons (Fsp3) is 0.417. The molecule has 0 saturated carbocycles. The van der Waals surface area contributed by atoms with Crippen LogP contribution in [0.2, 0.25) is 0 Å². The first kappa shape index (κ1) is 13.2. The maximum Gasteiger partial charge on any atom is 0.234 e. The molecule has 4 heteroatoms. The molecule has 3 nitrogen and oxygen atoms in total. The van der Waals surface area contributed by atoms with Crippen molar-refractivity contribution in [2.24, 2.45) is 5.73 Å². The van der Waals surface area contributed by atoms with Crippen molar-refractivity contribution in [3.8, 4) is 0 Å². The number of amides is 1. The lowest BCUT2D eigenvalue weighted by Gasteiger charge is -2.24. The zero-order valence-corrected chi connectivity index (χ0v) is 11.2. The largest absolute Gasteiger partial charge is 0.368 e. The zero-order chi connectivity index (χ0) is 12.1. The van der Waals surface area contributed by atoms with Gasteiger partial charge in [-0.2, -0.15) is 0 Å². The molecule has 1 amide bonds. The van der Waals surface area contributed by atoms with Crippen LogP contribution in [0, 0.1) is 0 Å². The topological polar surface area (TPSA) is 46.3 Å². The molecule has 16 heavy (non-hydrogen) atoms. The Morgan fingerprint density at radius 1 is 1.44 bits per heavy atom. The van der Waals surface area contributed by atoms with Crippen LogP contribution in [0.25, 0.3) is 0 Å². The van der Waals surface area contributed by atoms with E-state index >= 15 is 0 Å². The summed E-state index contributed by atoms with van der Waals surface area (Å²) in [4.78, 5) is 13.2. The van der Waals surface area contributed by atoms with Crippen molar-refractivity contribution in [1.82, 2.24) is 4.90 Å². The summed E-state index contributed by atoms with van der Waals surface area (Å²) in [6.45, 7) is 2.70. The van der Waals surface area contributed by atoms with E-state index in [-0.39, 0.29) is 11.9 Å². The zero-order valence-electron chi connectivity index (χ0n) is 9.61. The minimum atomic E-state index is -0.262. The molecule has 0 bridgehead atoms. The molecule has 1 aromatic rings. The van der Waals surface area contributed by atoms with Crippen LogP contribution in [-0.4, -0.2) is 23.9 Å². The molecule has 1 rings (SSSR count). The van der Waals surface area contributed by atoms with E-state index in [0.29, 0.717) is 0 Å². The minimum absolute atomic E-state index is 0.191. The monoisotopic (exact) mass is 284 g/mol. The molecular weight excluding hydrogens is 268 g/mol. The number of nitrogens with two attached hydrogens (primary N) is 1. The van der Waals surface area contributed by atoms with Gasteiger partial charge in [0, 0.05) is 11.0 Å². The van der Waals surface area contributed by atoms with Crippen LogP contribution in [0.4, 0.5) is 0 Å². The molecule has 1 atom stereocenters. The van der Waals surface area contributed by atoms with Gasteiger partial charge in [0.1, 0.15) is 0 Å². The Balaban J connectivity index is 2.66. The normalized spacial score (nSPS) is 12.8. The Labute approximate surface area is 105 Å². The summed E-state index contributed by atoms with van der Waals surface area (Å²) in [6.07, 6.45) is 0.738. The second-order valence-corrected chi connectivity index (χ2v) is 4.78. The van der Waals surface area contributed by atoms with Crippen molar-refractivity contribution in [3.05, 3.63) is 34.3 Å². The summed E-state index contributed by atoms with van der Waals surface area (Å²) in [5, 5.41) is 0. The van der Waals surface area contributed by atoms with Crippen molar-refractivity contribution in [2.75, 3.05) is 7.05 Å². The van der Waals surface area contributed by atoms with Gasteiger partial charge in [-0.3, -0.25) is 9.69 Å². The number of halogens is 1. The summed E-state index contributed by atoms with van der Waals surface area (Å²) in [6, 6.07) is 7.87. The third-order valence-corrected chi connectivity index (χ3v) is 3.12. The Hall–Kier alpha value is -0.870. The molecule has 1 unspecified atom stereocenters. The number of nitrogens with zero attached hydrogens (tertiary/aromatic N) is 1. The van der Waals surface area contributed by atoms with Crippen LogP contribution in [0.5, 0.6) is 0 Å². The molecule has 0 radical (unpaired) electrons. The molecule has 1 aromatic carbocycles. The first-order chi connectivity index (χ1) is 7.54. The SMILES string of the molecule is CCC(C(N)=O)N(C)Cc1ccc(Br)cc1. The summed E-state index contributed by atoms with van der Waals surface area (Å²) in [5.41, 5.74) is 6.51. The fourth-order valence-corrected chi connectivity index (χ4v) is 1.98. The summed E-state index contributed by atoms with van der Waals surface area (Å²) < 4.78 is 1.06. The number of benzene rings is 1. The number of likely N-dealkylation sites (N-methyl/N-ethyl adjacent to an activating group) is 1. The lowest BCUT2D eigenvalue weighted by Crippen LogP contribution is -2.41.